The van der Waals surface area contributed by atoms with Crippen LogP contribution in [0.1, 0.15) is 46.4 Å². The minimum atomic E-state index is -0.497. The smallest absolute Gasteiger partial charge is 0.338 e. The van der Waals surface area contributed by atoms with Gasteiger partial charge in [0, 0.05) is 0 Å². The second-order valence-electron chi connectivity index (χ2n) is 6.02. The first kappa shape index (κ1) is 21.9. The number of phenolic OH excluding ortho intramolecular Hbond substituents is 2. The van der Waals surface area contributed by atoms with Gasteiger partial charge in [0.1, 0.15) is 11.5 Å². The summed E-state index contributed by atoms with van der Waals surface area (Å²) in [5.74, 6) is -1.17. The first-order valence-electron chi connectivity index (χ1n) is 8.70. The van der Waals surface area contributed by atoms with Crippen molar-refractivity contribution in [2.24, 2.45) is 0 Å². The van der Waals surface area contributed by atoms with Crippen LogP contribution in [0, 0.1) is 0 Å². The lowest BCUT2D eigenvalue weighted by Gasteiger charge is -2.07. The summed E-state index contributed by atoms with van der Waals surface area (Å²) in [7, 11) is 0. The summed E-state index contributed by atoms with van der Waals surface area (Å²) >= 11 is 11.5. The molecule has 150 valence electrons. The molecular weight excluding hydrogens is 407 g/mol. The van der Waals surface area contributed by atoms with E-state index in [9.17, 15) is 19.8 Å². The molecule has 0 aliphatic rings. The number of aromatic hydroxyl groups is 2. The van der Waals surface area contributed by atoms with Gasteiger partial charge < -0.3 is 19.7 Å². The van der Waals surface area contributed by atoms with Crippen LogP contribution in [0.15, 0.2) is 36.4 Å². The summed E-state index contributed by atoms with van der Waals surface area (Å²) in [6, 6.07) is 8.28. The Morgan fingerprint density at radius 2 is 1.11 bits per heavy atom. The maximum Gasteiger partial charge on any atom is 0.338 e. The summed E-state index contributed by atoms with van der Waals surface area (Å²) in [6.45, 7) is 0.534. The van der Waals surface area contributed by atoms with Crippen LogP contribution in [0.2, 0.25) is 10.0 Å². The summed E-state index contributed by atoms with van der Waals surface area (Å²) in [4.78, 5) is 23.7. The third kappa shape index (κ3) is 6.62. The van der Waals surface area contributed by atoms with Crippen LogP contribution in [0.3, 0.4) is 0 Å². The number of phenols is 2. The number of ether oxygens (including phenoxy) is 2. The SMILES string of the molecule is O=C(OCCCCCCOC(=O)c1ccc(O)c(Cl)c1)c1ccc(O)c(Cl)c1. The molecular formula is C20H20Cl2O6. The first-order chi connectivity index (χ1) is 13.4. The van der Waals surface area contributed by atoms with Crippen molar-refractivity contribution in [2.75, 3.05) is 13.2 Å². The molecule has 0 aliphatic carbocycles. The van der Waals surface area contributed by atoms with Crippen molar-refractivity contribution in [3.63, 3.8) is 0 Å². The van der Waals surface area contributed by atoms with Crippen LogP contribution in [0.25, 0.3) is 0 Å². The van der Waals surface area contributed by atoms with Crippen LogP contribution in [-0.4, -0.2) is 35.4 Å². The molecule has 2 aromatic carbocycles. The fourth-order valence-corrected chi connectivity index (χ4v) is 2.68. The van der Waals surface area contributed by atoms with Crippen LogP contribution >= 0.6 is 23.2 Å². The molecule has 0 bridgehead atoms. The first-order valence-corrected chi connectivity index (χ1v) is 9.45. The van der Waals surface area contributed by atoms with Crippen molar-refractivity contribution in [3.8, 4) is 11.5 Å². The maximum absolute atomic E-state index is 11.9. The summed E-state index contributed by atoms with van der Waals surface area (Å²) < 4.78 is 10.3. The van der Waals surface area contributed by atoms with E-state index in [0.29, 0.717) is 12.8 Å². The lowest BCUT2D eigenvalue weighted by molar-refractivity contribution is 0.0473. The van der Waals surface area contributed by atoms with Gasteiger partial charge >= 0.3 is 11.9 Å². The normalized spacial score (nSPS) is 10.5. The van der Waals surface area contributed by atoms with Crippen LogP contribution in [0.4, 0.5) is 0 Å². The van der Waals surface area contributed by atoms with E-state index in [4.69, 9.17) is 32.7 Å². The Labute approximate surface area is 172 Å². The standard InChI is InChI=1S/C20H20Cl2O6/c21-15-11-13(5-7-17(15)23)19(25)27-9-3-1-2-4-10-28-20(26)14-6-8-18(24)16(22)12-14/h5-8,11-12,23-24H,1-4,9-10H2. The number of unbranched alkanes of at least 4 members (excludes halogenated alkanes) is 3. The molecule has 0 amide bonds. The molecule has 2 N–H and O–H groups in total. The van der Waals surface area contributed by atoms with E-state index in [1.165, 1.54) is 36.4 Å². The number of hydrogen-bond donors (Lipinski definition) is 2. The third-order valence-corrected chi connectivity index (χ3v) is 4.48. The molecule has 0 unspecified atom stereocenters. The highest BCUT2D eigenvalue weighted by atomic mass is 35.5. The van der Waals surface area contributed by atoms with Gasteiger partial charge in [0.05, 0.1) is 34.4 Å². The van der Waals surface area contributed by atoms with E-state index in [-0.39, 0.29) is 45.9 Å². The zero-order valence-corrected chi connectivity index (χ0v) is 16.5. The van der Waals surface area contributed by atoms with Gasteiger partial charge in [-0.05, 0) is 62.1 Å². The van der Waals surface area contributed by atoms with E-state index in [1.807, 2.05) is 0 Å². The van der Waals surface area contributed by atoms with Gasteiger partial charge in [-0.3, -0.25) is 0 Å². The Morgan fingerprint density at radius 1 is 0.714 bits per heavy atom. The lowest BCUT2D eigenvalue weighted by Crippen LogP contribution is -2.07. The van der Waals surface area contributed by atoms with Crippen LogP contribution < -0.4 is 0 Å². The number of halogens is 2. The Hall–Kier alpha value is -2.44. The Kier molecular flexibility index (Phi) is 8.42. The van der Waals surface area contributed by atoms with Gasteiger partial charge in [-0.25, -0.2) is 9.59 Å². The molecule has 2 aromatic rings. The fraction of sp³-hybridized carbons (Fsp3) is 0.300. The Bertz CT molecular complexity index is 768. The zero-order valence-electron chi connectivity index (χ0n) is 15.0. The van der Waals surface area contributed by atoms with Gasteiger partial charge in [-0.15, -0.1) is 0 Å². The number of carbonyl (C=O) groups is 2. The quantitative estimate of drug-likeness (QED) is 0.433. The van der Waals surface area contributed by atoms with Gasteiger partial charge in [-0.2, -0.15) is 0 Å². The summed E-state index contributed by atoms with van der Waals surface area (Å²) in [6.07, 6.45) is 2.98. The fourth-order valence-electron chi connectivity index (χ4n) is 2.32. The molecule has 0 radical (unpaired) electrons. The van der Waals surface area contributed by atoms with Crippen molar-refractivity contribution in [1.29, 1.82) is 0 Å². The monoisotopic (exact) mass is 426 g/mol. The molecule has 0 saturated heterocycles. The molecule has 6 nitrogen and oxygen atoms in total. The molecule has 0 aromatic heterocycles. The molecule has 0 saturated carbocycles. The van der Waals surface area contributed by atoms with E-state index in [1.54, 1.807) is 0 Å². The molecule has 2 rings (SSSR count). The molecule has 0 atom stereocenters. The predicted molar refractivity (Wildman–Crippen MR) is 105 cm³/mol. The van der Waals surface area contributed by atoms with Crippen LogP contribution in [0.5, 0.6) is 11.5 Å². The third-order valence-electron chi connectivity index (χ3n) is 3.87. The van der Waals surface area contributed by atoms with E-state index < -0.39 is 11.9 Å². The molecule has 8 heteroatoms. The van der Waals surface area contributed by atoms with E-state index in [2.05, 4.69) is 0 Å². The number of rotatable bonds is 9. The zero-order chi connectivity index (χ0) is 20.5. The highest BCUT2D eigenvalue weighted by Crippen LogP contribution is 2.24. The number of benzene rings is 2. The Balaban J connectivity index is 1.56. The van der Waals surface area contributed by atoms with Gasteiger partial charge in [0.15, 0.2) is 0 Å². The van der Waals surface area contributed by atoms with E-state index in [0.717, 1.165) is 12.8 Å². The second kappa shape index (κ2) is 10.8. The minimum absolute atomic E-state index is 0.0903. The Morgan fingerprint density at radius 3 is 1.46 bits per heavy atom. The number of esters is 2. The number of carbonyl (C=O) groups excluding carboxylic acids is 2. The largest absolute Gasteiger partial charge is 0.506 e. The summed E-state index contributed by atoms with van der Waals surface area (Å²) in [5, 5.41) is 18.9. The van der Waals surface area contributed by atoms with Gasteiger partial charge in [0.25, 0.3) is 0 Å². The predicted octanol–water partition coefficient (Wildman–Crippen LogP) is 4.98. The average molecular weight is 427 g/mol. The second-order valence-corrected chi connectivity index (χ2v) is 6.83. The maximum atomic E-state index is 11.9. The molecule has 0 heterocycles. The molecule has 0 fully saturated rings. The average Bonchev–Trinajstić information content (AvgIpc) is 2.67. The van der Waals surface area contributed by atoms with Crippen molar-refractivity contribution in [3.05, 3.63) is 57.6 Å². The molecule has 28 heavy (non-hydrogen) atoms. The van der Waals surface area contributed by atoms with Crippen molar-refractivity contribution < 1.29 is 29.3 Å². The van der Waals surface area contributed by atoms with Gasteiger partial charge in [0.2, 0.25) is 0 Å². The van der Waals surface area contributed by atoms with Crippen molar-refractivity contribution >= 4 is 35.1 Å². The van der Waals surface area contributed by atoms with Crippen LogP contribution in [-0.2, 0) is 9.47 Å². The highest BCUT2D eigenvalue weighted by Gasteiger charge is 2.10. The molecule has 0 spiro atoms. The van der Waals surface area contributed by atoms with Crippen molar-refractivity contribution in [2.45, 2.75) is 25.7 Å². The molecule has 0 aliphatic heterocycles. The lowest BCUT2D eigenvalue weighted by atomic mass is 10.2. The minimum Gasteiger partial charge on any atom is -0.506 e. The van der Waals surface area contributed by atoms with E-state index >= 15 is 0 Å². The van der Waals surface area contributed by atoms with Gasteiger partial charge in [-0.1, -0.05) is 23.2 Å². The van der Waals surface area contributed by atoms with Crippen molar-refractivity contribution in [1.82, 2.24) is 0 Å². The topological polar surface area (TPSA) is 93.1 Å². The number of hydrogen-bond acceptors (Lipinski definition) is 6. The summed E-state index contributed by atoms with van der Waals surface area (Å²) in [5.41, 5.74) is 0.563. The highest BCUT2D eigenvalue weighted by molar-refractivity contribution is 6.32.